The number of ether oxygens (including phenoxy) is 1. The molecule has 3 heterocycles. The molecule has 0 radical (unpaired) electrons. The van der Waals surface area contributed by atoms with Crippen molar-refractivity contribution in [1.82, 2.24) is 30.3 Å². The van der Waals surface area contributed by atoms with E-state index in [1.807, 2.05) is 0 Å². The number of aryl methyl sites for hydroxylation is 1. The number of hydrogen-bond donors (Lipinski definition) is 2. The Morgan fingerprint density at radius 3 is 2.69 bits per heavy atom. The second-order valence-corrected chi connectivity index (χ2v) is 9.41. The summed E-state index contributed by atoms with van der Waals surface area (Å²) in [5.74, 6) is 0.0410. The molecule has 2 amide bonds. The van der Waals surface area contributed by atoms with Crippen LogP contribution < -0.4 is 10.6 Å². The van der Waals surface area contributed by atoms with E-state index >= 15 is 0 Å². The lowest BCUT2D eigenvalue weighted by molar-refractivity contribution is -0.102. The van der Waals surface area contributed by atoms with Gasteiger partial charge in [-0.1, -0.05) is 22.9 Å². The third-order valence-corrected chi connectivity index (χ3v) is 6.79. The highest BCUT2D eigenvalue weighted by atomic mass is 35.5. The van der Waals surface area contributed by atoms with Crippen LogP contribution in [0.25, 0.3) is 11.4 Å². The van der Waals surface area contributed by atoms with E-state index in [4.69, 9.17) is 21.6 Å². The minimum absolute atomic E-state index is 0.237. The molecule has 0 aliphatic heterocycles. The van der Waals surface area contributed by atoms with Crippen molar-refractivity contribution in [1.29, 1.82) is 5.26 Å². The molecule has 0 unspecified atom stereocenters. The summed E-state index contributed by atoms with van der Waals surface area (Å²) in [5, 5.41) is 23.1. The van der Waals surface area contributed by atoms with Gasteiger partial charge in [0.2, 0.25) is 0 Å². The highest BCUT2D eigenvalue weighted by molar-refractivity contribution is 6.30. The van der Waals surface area contributed by atoms with Crippen LogP contribution in [0.3, 0.4) is 0 Å². The summed E-state index contributed by atoms with van der Waals surface area (Å²) in [7, 11) is 1.62. The summed E-state index contributed by atoms with van der Waals surface area (Å²) in [6.07, 6.45) is 3.72. The molecule has 2 N–H and O–H groups in total. The Kier molecular flexibility index (Phi) is 5.40. The van der Waals surface area contributed by atoms with E-state index in [0.29, 0.717) is 41.8 Å². The lowest BCUT2D eigenvalue weighted by Crippen LogP contribution is -2.74. The number of pyridine rings is 2. The van der Waals surface area contributed by atoms with Crippen molar-refractivity contribution in [3.8, 4) is 17.5 Å². The van der Waals surface area contributed by atoms with E-state index in [-0.39, 0.29) is 27.8 Å². The molecule has 3 saturated carbocycles. The van der Waals surface area contributed by atoms with Crippen LogP contribution in [0.1, 0.15) is 48.2 Å². The number of nitrogens with one attached hydrogen (secondary N) is 2. The average Bonchev–Trinajstić information content (AvgIpc) is 3.15. The predicted octanol–water partition coefficient (Wildman–Crippen LogP) is 3.41. The van der Waals surface area contributed by atoms with Gasteiger partial charge in [-0.15, -0.1) is 5.10 Å². The number of amides is 2. The molecular weight excluding hydrogens is 472 g/mol. The summed E-state index contributed by atoms with van der Waals surface area (Å²) in [6, 6.07) is 9.01. The molecule has 35 heavy (non-hydrogen) atoms. The van der Waals surface area contributed by atoms with E-state index in [2.05, 4.69) is 37.0 Å². The molecule has 6 rings (SSSR count). The van der Waals surface area contributed by atoms with Gasteiger partial charge in [-0.05, 0) is 44.4 Å². The van der Waals surface area contributed by atoms with Crippen LogP contribution in [-0.2, 0) is 11.8 Å². The molecule has 3 fully saturated rings. The highest BCUT2D eigenvalue weighted by Crippen LogP contribution is 2.66. The van der Waals surface area contributed by atoms with Crippen molar-refractivity contribution in [2.75, 3.05) is 5.32 Å². The number of nitrogens with zero attached hydrogens (tertiary/aromatic N) is 6. The Hall–Kier alpha value is -4.04. The third-order valence-electron chi connectivity index (χ3n) is 6.47. The smallest absolute Gasteiger partial charge is 0.413 e. The van der Waals surface area contributed by atoms with Crippen LogP contribution in [0.15, 0.2) is 36.7 Å². The topological polar surface area (TPSA) is 148 Å². The van der Waals surface area contributed by atoms with E-state index in [1.54, 1.807) is 44.4 Å². The maximum absolute atomic E-state index is 12.6. The Bertz CT molecular complexity index is 1340. The van der Waals surface area contributed by atoms with Gasteiger partial charge in [-0.2, -0.15) is 5.26 Å². The average molecular weight is 493 g/mol. The lowest BCUT2D eigenvalue weighted by Gasteiger charge is -2.66. The molecule has 3 aromatic rings. The minimum Gasteiger partial charge on any atom is -0.441 e. The molecule has 178 valence electrons. The van der Waals surface area contributed by atoms with Crippen molar-refractivity contribution in [2.24, 2.45) is 12.5 Å². The fourth-order valence-electron chi connectivity index (χ4n) is 4.74. The van der Waals surface area contributed by atoms with Crippen molar-refractivity contribution < 1.29 is 14.3 Å². The molecule has 1 atom stereocenters. The van der Waals surface area contributed by atoms with Gasteiger partial charge in [0.05, 0.1) is 22.7 Å². The standard InChI is InChI=1S/C23H21ClN8O3/c1-13(15-4-3-7-26-18(15)24)35-21(34)28-19-17(30-31-32(19)2)16-6-5-14(8-27-16)20(33)29-23-9-22(10-23,11-23)12-25/h3-8,13H,9-11H2,1-2H3,(H,28,34)(H,29,33)/t13-,22?,23?/m1/s1. The third kappa shape index (κ3) is 4.06. The van der Waals surface area contributed by atoms with Gasteiger partial charge in [-0.25, -0.2) is 14.5 Å². The molecule has 2 bridgehead atoms. The first-order valence-electron chi connectivity index (χ1n) is 10.9. The molecule has 0 spiro atoms. The maximum Gasteiger partial charge on any atom is 0.413 e. The van der Waals surface area contributed by atoms with E-state index in [9.17, 15) is 9.59 Å². The molecule has 12 heteroatoms. The molecule has 11 nitrogen and oxygen atoms in total. The summed E-state index contributed by atoms with van der Waals surface area (Å²) in [5.41, 5.74) is 1.20. The van der Waals surface area contributed by atoms with Crippen molar-refractivity contribution in [2.45, 2.75) is 37.8 Å². The molecular formula is C23H21ClN8O3. The zero-order valence-electron chi connectivity index (χ0n) is 18.9. The van der Waals surface area contributed by atoms with Crippen LogP contribution in [0.5, 0.6) is 0 Å². The van der Waals surface area contributed by atoms with Gasteiger partial charge in [0.25, 0.3) is 5.91 Å². The van der Waals surface area contributed by atoms with Gasteiger partial charge in [0, 0.05) is 30.5 Å². The number of anilines is 1. The number of rotatable bonds is 6. The Morgan fingerprint density at radius 1 is 1.26 bits per heavy atom. The first-order chi connectivity index (χ1) is 16.7. The van der Waals surface area contributed by atoms with Crippen molar-refractivity contribution >= 4 is 29.4 Å². The normalized spacial score (nSPS) is 22.7. The quantitative estimate of drug-likeness (QED) is 0.497. The molecule has 0 saturated heterocycles. The Balaban J connectivity index is 1.25. The highest BCUT2D eigenvalue weighted by Gasteiger charge is 2.69. The zero-order chi connectivity index (χ0) is 24.8. The zero-order valence-corrected chi connectivity index (χ0v) is 19.7. The molecule has 3 aliphatic carbocycles. The lowest BCUT2D eigenvalue weighted by atomic mass is 9.40. The summed E-state index contributed by atoms with van der Waals surface area (Å²) in [4.78, 5) is 33.5. The summed E-state index contributed by atoms with van der Waals surface area (Å²) >= 11 is 6.08. The Labute approximate surface area is 205 Å². The van der Waals surface area contributed by atoms with Gasteiger partial charge < -0.3 is 10.1 Å². The van der Waals surface area contributed by atoms with E-state index in [0.717, 1.165) is 0 Å². The van der Waals surface area contributed by atoms with Gasteiger partial charge >= 0.3 is 6.09 Å². The van der Waals surface area contributed by atoms with E-state index in [1.165, 1.54) is 10.9 Å². The molecule has 3 aliphatic rings. The largest absolute Gasteiger partial charge is 0.441 e. The SMILES string of the molecule is C[C@@H](OC(=O)Nc1c(-c2ccc(C(=O)NC34CC(C#N)(C3)C4)cn2)nnn1C)c1cccnc1Cl. The van der Waals surface area contributed by atoms with Crippen LogP contribution in [-0.4, -0.2) is 42.5 Å². The number of hydrogen-bond acceptors (Lipinski definition) is 8. The van der Waals surface area contributed by atoms with Crippen LogP contribution in [0, 0.1) is 16.7 Å². The fraction of sp³-hybridized carbons (Fsp3) is 0.348. The first kappa shape index (κ1) is 22.7. The Morgan fingerprint density at radius 2 is 2.03 bits per heavy atom. The fourth-order valence-corrected chi connectivity index (χ4v) is 5.02. The monoisotopic (exact) mass is 492 g/mol. The summed E-state index contributed by atoms with van der Waals surface area (Å²) in [6.45, 7) is 1.68. The number of carbonyl (C=O) groups is 2. The van der Waals surface area contributed by atoms with Gasteiger partial charge in [0.15, 0.2) is 11.5 Å². The second kappa shape index (κ2) is 8.32. The number of halogens is 1. The predicted molar refractivity (Wildman–Crippen MR) is 124 cm³/mol. The van der Waals surface area contributed by atoms with Crippen molar-refractivity contribution in [3.05, 3.63) is 52.9 Å². The second-order valence-electron chi connectivity index (χ2n) is 9.06. The number of nitriles is 1. The van der Waals surface area contributed by atoms with Crippen LogP contribution in [0.4, 0.5) is 10.6 Å². The summed E-state index contributed by atoms with van der Waals surface area (Å²) < 4.78 is 6.82. The van der Waals surface area contributed by atoms with E-state index < -0.39 is 12.2 Å². The van der Waals surface area contributed by atoms with Crippen LogP contribution in [0.2, 0.25) is 5.15 Å². The molecule has 3 aromatic heterocycles. The first-order valence-corrected chi connectivity index (χ1v) is 11.3. The van der Waals surface area contributed by atoms with Crippen molar-refractivity contribution in [3.63, 3.8) is 0 Å². The number of carbonyl (C=O) groups excluding carboxylic acids is 2. The van der Waals surface area contributed by atoms with Gasteiger partial charge in [-0.3, -0.25) is 15.1 Å². The van der Waals surface area contributed by atoms with Gasteiger partial charge in [0.1, 0.15) is 11.3 Å². The van der Waals surface area contributed by atoms with Crippen LogP contribution >= 0.6 is 11.6 Å². The minimum atomic E-state index is -0.728. The maximum atomic E-state index is 12.6. The molecule has 0 aromatic carbocycles. The number of aromatic nitrogens is 5.